The third kappa shape index (κ3) is 1.93. The standard InChI is InChI=1S/C10H11BN2O2/c1-8-6-9(13-5-4-12-7-13)2-3-10(8)11(14)15/h2-7,14-15H,1H3. The highest BCUT2D eigenvalue weighted by molar-refractivity contribution is 6.59. The van der Waals surface area contributed by atoms with Gasteiger partial charge >= 0.3 is 7.12 Å². The van der Waals surface area contributed by atoms with Crippen molar-refractivity contribution >= 4 is 12.6 Å². The molecular weight excluding hydrogens is 191 g/mol. The van der Waals surface area contributed by atoms with Crippen LogP contribution >= 0.6 is 0 Å². The third-order valence-electron chi connectivity index (χ3n) is 2.33. The summed E-state index contributed by atoms with van der Waals surface area (Å²) < 4.78 is 1.86. The summed E-state index contributed by atoms with van der Waals surface area (Å²) in [7, 11) is -1.41. The minimum absolute atomic E-state index is 0.527. The van der Waals surface area contributed by atoms with Crippen molar-refractivity contribution in [3.8, 4) is 5.69 Å². The third-order valence-corrected chi connectivity index (χ3v) is 2.33. The summed E-state index contributed by atoms with van der Waals surface area (Å²) in [5.41, 5.74) is 2.32. The van der Waals surface area contributed by atoms with E-state index in [2.05, 4.69) is 4.98 Å². The van der Waals surface area contributed by atoms with Crippen LogP contribution in [-0.4, -0.2) is 26.7 Å². The van der Waals surface area contributed by atoms with Gasteiger partial charge in [-0.1, -0.05) is 6.07 Å². The van der Waals surface area contributed by atoms with Gasteiger partial charge in [-0.3, -0.25) is 0 Å². The van der Waals surface area contributed by atoms with Crippen LogP contribution in [0.25, 0.3) is 5.69 Å². The predicted octanol–water partition coefficient (Wildman–Crippen LogP) is -0.139. The Morgan fingerprint density at radius 2 is 2.13 bits per heavy atom. The van der Waals surface area contributed by atoms with Gasteiger partial charge in [0.15, 0.2) is 0 Å². The molecule has 2 rings (SSSR count). The van der Waals surface area contributed by atoms with Crippen LogP contribution < -0.4 is 5.46 Å². The zero-order valence-corrected chi connectivity index (χ0v) is 8.33. The Labute approximate surface area is 88.0 Å². The largest absolute Gasteiger partial charge is 0.488 e. The molecule has 5 heteroatoms. The number of hydrogen-bond donors (Lipinski definition) is 2. The van der Waals surface area contributed by atoms with Crippen LogP contribution in [0.1, 0.15) is 5.56 Å². The Hall–Kier alpha value is -1.59. The summed E-state index contributed by atoms with van der Waals surface area (Å²) in [5.74, 6) is 0. The number of imidazole rings is 1. The fraction of sp³-hybridized carbons (Fsp3) is 0.100. The SMILES string of the molecule is Cc1cc(-n2ccnc2)ccc1B(O)O. The number of hydrogen-bond acceptors (Lipinski definition) is 3. The predicted molar refractivity (Wildman–Crippen MR) is 58.1 cm³/mol. The van der Waals surface area contributed by atoms with Gasteiger partial charge in [-0.2, -0.15) is 0 Å². The average Bonchev–Trinajstić information content (AvgIpc) is 2.69. The lowest BCUT2D eigenvalue weighted by Crippen LogP contribution is -2.32. The maximum Gasteiger partial charge on any atom is 0.488 e. The molecule has 0 unspecified atom stereocenters. The number of rotatable bonds is 2. The van der Waals surface area contributed by atoms with Crippen molar-refractivity contribution in [2.75, 3.05) is 0 Å². The molecular formula is C10H11BN2O2. The lowest BCUT2D eigenvalue weighted by atomic mass is 9.77. The second-order valence-corrected chi connectivity index (χ2v) is 3.38. The highest BCUT2D eigenvalue weighted by Gasteiger charge is 2.13. The number of aromatic nitrogens is 2. The minimum atomic E-state index is -1.41. The molecule has 76 valence electrons. The molecule has 0 spiro atoms. The lowest BCUT2D eigenvalue weighted by molar-refractivity contribution is 0.425. The van der Waals surface area contributed by atoms with E-state index in [1.807, 2.05) is 29.8 Å². The molecule has 0 saturated heterocycles. The molecule has 4 nitrogen and oxygen atoms in total. The molecule has 1 aromatic heterocycles. The van der Waals surface area contributed by atoms with Crippen molar-refractivity contribution in [2.45, 2.75) is 6.92 Å². The first-order valence-corrected chi connectivity index (χ1v) is 4.63. The van der Waals surface area contributed by atoms with Crippen LogP contribution in [0, 0.1) is 6.92 Å². The average molecular weight is 202 g/mol. The molecule has 0 saturated carbocycles. The Kier molecular flexibility index (Phi) is 2.57. The van der Waals surface area contributed by atoms with Gasteiger partial charge < -0.3 is 14.6 Å². The van der Waals surface area contributed by atoms with E-state index in [4.69, 9.17) is 10.0 Å². The fourth-order valence-corrected chi connectivity index (χ4v) is 1.52. The van der Waals surface area contributed by atoms with Gasteiger partial charge in [-0.25, -0.2) is 4.98 Å². The van der Waals surface area contributed by atoms with Crippen molar-refractivity contribution in [3.63, 3.8) is 0 Å². The zero-order valence-electron chi connectivity index (χ0n) is 8.33. The lowest BCUT2D eigenvalue weighted by Gasteiger charge is -2.07. The van der Waals surface area contributed by atoms with E-state index >= 15 is 0 Å². The highest BCUT2D eigenvalue weighted by atomic mass is 16.4. The maximum absolute atomic E-state index is 9.06. The number of nitrogens with zero attached hydrogens (tertiary/aromatic N) is 2. The summed E-state index contributed by atoms with van der Waals surface area (Å²) in [5, 5.41) is 18.1. The molecule has 2 N–H and O–H groups in total. The van der Waals surface area contributed by atoms with Crippen LogP contribution in [0.5, 0.6) is 0 Å². The van der Waals surface area contributed by atoms with Crippen molar-refractivity contribution in [1.29, 1.82) is 0 Å². The topological polar surface area (TPSA) is 58.3 Å². The van der Waals surface area contributed by atoms with E-state index in [1.54, 1.807) is 18.6 Å². The summed E-state index contributed by atoms with van der Waals surface area (Å²) in [6, 6.07) is 5.41. The molecule has 0 aliphatic rings. The van der Waals surface area contributed by atoms with Gasteiger partial charge in [0.2, 0.25) is 0 Å². The van der Waals surface area contributed by atoms with Crippen LogP contribution in [0.15, 0.2) is 36.9 Å². The Morgan fingerprint density at radius 3 is 2.67 bits per heavy atom. The Balaban J connectivity index is 2.42. The van der Waals surface area contributed by atoms with Crippen molar-refractivity contribution < 1.29 is 10.0 Å². The van der Waals surface area contributed by atoms with Gasteiger partial charge in [0.25, 0.3) is 0 Å². The van der Waals surface area contributed by atoms with Crippen LogP contribution in [0.4, 0.5) is 0 Å². The van der Waals surface area contributed by atoms with Gasteiger partial charge in [-0.15, -0.1) is 0 Å². The molecule has 0 aliphatic heterocycles. The van der Waals surface area contributed by atoms with E-state index in [0.717, 1.165) is 11.3 Å². The van der Waals surface area contributed by atoms with E-state index in [1.165, 1.54) is 0 Å². The van der Waals surface area contributed by atoms with Gasteiger partial charge in [-0.05, 0) is 30.1 Å². The molecule has 15 heavy (non-hydrogen) atoms. The van der Waals surface area contributed by atoms with Crippen molar-refractivity contribution in [1.82, 2.24) is 9.55 Å². The monoisotopic (exact) mass is 202 g/mol. The summed E-state index contributed by atoms with van der Waals surface area (Å²) in [6.07, 6.45) is 5.23. The minimum Gasteiger partial charge on any atom is -0.423 e. The second-order valence-electron chi connectivity index (χ2n) is 3.38. The Morgan fingerprint density at radius 1 is 1.33 bits per heavy atom. The van der Waals surface area contributed by atoms with E-state index in [-0.39, 0.29) is 0 Å². The van der Waals surface area contributed by atoms with Crippen molar-refractivity contribution in [3.05, 3.63) is 42.5 Å². The number of aryl methyl sites for hydroxylation is 1. The van der Waals surface area contributed by atoms with E-state index in [0.29, 0.717) is 5.46 Å². The van der Waals surface area contributed by atoms with Gasteiger partial charge in [0.1, 0.15) is 0 Å². The second kappa shape index (κ2) is 3.88. The molecule has 0 fully saturated rings. The fourth-order valence-electron chi connectivity index (χ4n) is 1.52. The first-order valence-electron chi connectivity index (χ1n) is 4.63. The van der Waals surface area contributed by atoms with Gasteiger partial charge in [0.05, 0.1) is 6.33 Å². The quantitative estimate of drug-likeness (QED) is 0.666. The van der Waals surface area contributed by atoms with Gasteiger partial charge in [0, 0.05) is 18.1 Å². The summed E-state index contributed by atoms with van der Waals surface area (Å²) >= 11 is 0. The molecule has 0 amide bonds. The van der Waals surface area contributed by atoms with Crippen molar-refractivity contribution in [2.24, 2.45) is 0 Å². The molecule has 0 aliphatic carbocycles. The smallest absolute Gasteiger partial charge is 0.423 e. The Bertz CT molecular complexity index is 454. The van der Waals surface area contributed by atoms with Crippen LogP contribution in [0.2, 0.25) is 0 Å². The normalized spacial score (nSPS) is 10.3. The van der Waals surface area contributed by atoms with Crippen LogP contribution in [-0.2, 0) is 0 Å². The van der Waals surface area contributed by atoms with E-state index in [9.17, 15) is 0 Å². The molecule has 0 atom stereocenters. The zero-order chi connectivity index (χ0) is 10.8. The molecule has 1 aromatic carbocycles. The van der Waals surface area contributed by atoms with Crippen LogP contribution in [0.3, 0.4) is 0 Å². The molecule has 2 aromatic rings. The highest BCUT2D eigenvalue weighted by Crippen LogP contribution is 2.08. The molecule has 0 radical (unpaired) electrons. The summed E-state index contributed by atoms with van der Waals surface area (Å²) in [6.45, 7) is 1.84. The van der Waals surface area contributed by atoms with E-state index < -0.39 is 7.12 Å². The first kappa shape index (κ1) is 9.95. The molecule has 1 heterocycles. The first-order chi connectivity index (χ1) is 7.18. The molecule has 0 bridgehead atoms. The maximum atomic E-state index is 9.06. The number of benzene rings is 1. The summed E-state index contributed by atoms with van der Waals surface area (Å²) in [4.78, 5) is 3.95.